The van der Waals surface area contributed by atoms with Crippen LogP contribution < -0.4 is 10.2 Å². The smallest absolute Gasteiger partial charge is 0.230 e. The Morgan fingerprint density at radius 1 is 1.10 bits per heavy atom. The Labute approximate surface area is 177 Å². The molecule has 1 aromatic heterocycles. The highest BCUT2D eigenvalue weighted by Gasteiger charge is 2.11. The first kappa shape index (κ1) is 21.0. The molecule has 0 spiro atoms. The van der Waals surface area contributed by atoms with Gasteiger partial charge >= 0.3 is 0 Å². The third kappa shape index (κ3) is 6.13. The van der Waals surface area contributed by atoms with Crippen LogP contribution in [0.1, 0.15) is 16.1 Å². The summed E-state index contributed by atoms with van der Waals surface area (Å²) in [6, 6.07) is 13.1. The van der Waals surface area contributed by atoms with Gasteiger partial charge in [0.2, 0.25) is 5.91 Å². The van der Waals surface area contributed by atoms with Crippen LogP contribution in [-0.4, -0.2) is 36.5 Å². The van der Waals surface area contributed by atoms with Gasteiger partial charge in [0.25, 0.3) is 0 Å². The molecule has 0 unspecified atom stereocenters. The zero-order chi connectivity index (χ0) is 20.8. The monoisotopic (exact) mass is 429 g/mol. The van der Waals surface area contributed by atoms with Crippen molar-refractivity contribution in [3.05, 3.63) is 71.0 Å². The highest BCUT2D eigenvalue weighted by atomic mass is 32.2. The van der Waals surface area contributed by atoms with Gasteiger partial charge in [0.15, 0.2) is 10.1 Å². The predicted molar refractivity (Wildman–Crippen MR) is 117 cm³/mol. The molecule has 2 aromatic carbocycles. The first-order valence-electron chi connectivity index (χ1n) is 8.84. The fourth-order valence-corrected chi connectivity index (χ4v) is 4.23. The minimum absolute atomic E-state index is 0.0920. The van der Waals surface area contributed by atoms with Crippen LogP contribution in [0, 0.1) is 5.82 Å². The quantitative estimate of drug-likeness (QED) is 0.422. The van der Waals surface area contributed by atoms with Crippen molar-refractivity contribution in [2.75, 3.05) is 30.1 Å². The Morgan fingerprint density at radius 2 is 1.79 bits per heavy atom. The lowest BCUT2D eigenvalue weighted by molar-refractivity contribution is -0.115. The molecule has 1 amide bonds. The van der Waals surface area contributed by atoms with E-state index in [1.54, 1.807) is 0 Å². The Morgan fingerprint density at radius 3 is 2.45 bits per heavy atom. The van der Waals surface area contributed by atoms with Crippen molar-refractivity contribution in [3.63, 3.8) is 0 Å². The van der Waals surface area contributed by atoms with Crippen LogP contribution in [0.15, 0.2) is 58.3 Å². The molecule has 1 heterocycles. The molecule has 0 fully saturated rings. The number of carbonyl (C=O) groups is 2. The van der Waals surface area contributed by atoms with Gasteiger partial charge < -0.3 is 10.2 Å². The molecule has 29 heavy (non-hydrogen) atoms. The van der Waals surface area contributed by atoms with Crippen molar-refractivity contribution in [2.45, 2.75) is 10.8 Å². The van der Waals surface area contributed by atoms with E-state index < -0.39 is 0 Å². The number of amides is 1. The molecule has 1 N–H and O–H groups in total. The first-order valence-corrected chi connectivity index (χ1v) is 10.7. The van der Waals surface area contributed by atoms with Crippen LogP contribution in [0.25, 0.3) is 0 Å². The summed E-state index contributed by atoms with van der Waals surface area (Å²) in [4.78, 5) is 30.8. The average molecular weight is 430 g/mol. The topological polar surface area (TPSA) is 62.3 Å². The summed E-state index contributed by atoms with van der Waals surface area (Å²) in [5, 5.41) is 4.68. The van der Waals surface area contributed by atoms with Crippen molar-refractivity contribution in [1.82, 2.24) is 4.98 Å². The Hall–Kier alpha value is -2.71. The molecule has 0 saturated carbocycles. The minimum atomic E-state index is -0.370. The van der Waals surface area contributed by atoms with E-state index in [9.17, 15) is 14.0 Å². The van der Waals surface area contributed by atoms with Crippen molar-refractivity contribution >= 4 is 46.2 Å². The van der Waals surface area contributed by atoms with Crippen LogP contribution in [0.2, 0.25) is 0 Å². The summed E-state index contributed by atoms with van der Waals surface area (Å²) in [5.74, 6) is -0.397. The van der Waals surface area contributed by atoms with Gasteiger partial charge in [-0.15, -0.1) is 11.3 Å². The zero-order valence-corrected chi connectivity index (χ0v) is 17.6. The van der Waals surface area contributed by atoms with Gasteiger partial charge in [0.05, 0.1) is 17.9 Å². The van der Waals surface area contributed by atoms with Gasteiger partial charge in [-0.1, -0.05) is 11.8 Å². The summed E-state index contributed by atoms with van der Waals surface area (Å²) in [7, 11) is 3.91. The maximum absolute atomic E-state index is 12.9. The molecule has 3 aromatic rings. The number of benzene rings is 2. The second kappa shape index (κ2) is 9.67. The van der Waals surface area contributed by atoms with Gasteiger partial charge in [0, 0.05) is 36.4 Å². The van der Waals surface area contributed by atoms with E-state index in [4.69, 9.17) is 0 Å². The number of rotatable bonds is 8. The summed E-state index contributed by atoms with van der Waals surface area (Å²) in [6.07, 6.45) is 0.165. The van der Waals surface area contributed by atoms with E-state index in [1.165, 1.54) is 47.4 Å². The number of hydrogen-bond donors (Lipinski definition) is 1. The number of thioether (sulfide) groups is 1. The van der Waals surface area contributed by atoms with E-state index >= 15 is 0 Å². The standard InChI is InChI=1S/C21H20FN3O2S2/c1-25(2)18-9-7-16(8-10-18)23-20(27)11-17-12-28-21(24-17)29-13-19(26)14-3-5-15(22)6-4-14/h3-10,12H,11,13H2,1-2H3,(H,23,27). The summed E-state index contributed by atoms with van der Waals surface area (Å²) in [5.41, 5.74) is 2.92. The van der Waals surface area contributed by atoms with Crippen molar-refractivity contribution in [1.29, 1.82) is 0 Å². The molecule has 0 bridgehead atoms. The number of nitrogens with zero attached hydrogens (tertiary/aromatic N) is 2. The van der Waals surface area contributed by atoms with Gasteiger partial charge in [-0.3, -0.25) is 9.59 Å². The summed E-state index contributed by atoms with van der Waals surface area (Å²) in [6.45, 7) is 0. The SMILES string of the molecule is CN(C)c1ccc(NC(=O)Cc2csc(SCC(=O)c3ccc(F)cc3)n2)cc1. The maximum atomic E-state index is 12.9. The lowest BCUT2D eigenvalue weighted by Crippen LogP contribution is -2.15. The fourth-order valence-electron chi connectivity index (χ4n) is 2.49. The van der Waals surface area contributed by atoms with Crippen LogP contribution in [0.5, 0.6) is 0 Å². The van der Waals surface area contributed by atoms with Gasteiger partial charge in [0.1, 0.15) is 5.82 Å². The number of Topliss-reactive ketones (excluding diaryl/α,β-unsaturated/α-hetero) is 1. The molecule has 3 rings (SSSR count). The molecule has 5 nitrogen and oxygen atoms in total. The summed E-state index contributed by atoms with van der Waals surface area (Å²) >= 11 is 2.71. The number of nitrogens with one attached hydrogen (secondary N) is 1. The minimum Gasteiger partial charge on any atom is -0.378 e. The third-order valence-corrected chi connectivity index (χ3v) is 6.10. The van der Waals surface area contributed by atoms with Crippen molar-refractivity contribution < 1.29 is 14.0 Å². The third-order valence-electron chi connectivity index (χ3n) is 4.03. The molecule has 0 saturated heterocycles. The van der Waals surface area contributed by atoms with Crippen LogP contribution in [-0.2, 0) is 11.2 Å². The zero-order valence-electron chi connectivity index (χ0n) is 16.0. The van der Waals surface area contributed by atoms with Gasteiger partial charge in [-0.2, -0.15) is 0 Å². The van der Waals surface area contributed by atoms with E-state index in [2.05, 4.69) is 10.3 Å². The van der Waals surface area contributed by atoms with E-state index in [0.717, 1.165) is 15.7 Å². The number of hydrogen-bond acceptors (Lipinski definition) is 6. The summed E-state index contributed by atoms with van der Waals surface area (Å²) < 4.78 is 13.7. The molecule has 8 heteroatoms. The highest BCUT2D eigenvalue weighted by molar-refractivity contribution is 8.01. The molecule has 150 valence electrons. The van der Waals surface area contributed by atoms with E-state index in [1.807, 2.05) is 48.6 Å². The number of carbonyl (C=O) groups excluding carboxylic acids is 2. The van der Waals surface area contributed by atoms with E-state index in [-0.39, 0.29) is 29.7 Å². The number of aromatic nitrogens is 1. The van der Waals surface area contributed by atoms with Crippen LogP contribution in [0.4, 0.5) is 15.8 Å². The predicted octanol–water partition coefficient (Wildman–Crippen LogP) is 4.50. The fraction of sp³-hybridized carbons (Fsp3) is 0.190. The molecule has 0 atom stereocenters. The molecule has 0 aliphatic rings. The van der Waals surface area contributed by atoms with Crippen LogP contribution in [0.3, 0.4) is 0 Å². The first-order chi connectivity index (χ1) is 13.9. The van der Waals surface area contributed by atoms with Gasteiger partial charge in [-0.05, 0) is 48.5 Å². The molecule has 0 aliphatic carbocycles. The second-order valence-corrected chi connectivity index (χ2v) is 8.57. The highest BCUT2D eigenvalue weighted by Crippen LogP contribution is 2.24. The molecular weight excluding hydrogens is 409 g/mol. The number of anilines is 2. The Kier molecular flexibility index (Phi) is 7.00. The molecular formula is C21H20FN3O2S2. The second-order valence-electron chi connectivity index (χ2n) is 6.49. The molecule has 0 aliphatic heterocycles. The normalized spacial score (nSPS) is 10.6. The van der Waals surface area contributed by atoms with Crippen molar-refractivity contribution in [3.8, 4) is 0 Å². The van der Waals surface area contributed by atoms with Crippen LogP contribution >= 0.6 is 23.1 Å². The molecule has 0 radical (unpaired) electrons. The van der Waals surface area contributed by atoms with Gasteiger partial charge in [-0.25, -0.2) is 9.37 Å². The largest absolute Gasteiger partial charge is 0.378 e. The maximum Gasteiger partial charge on any atom is 0.230 e. The number of thiazole rings is 1. The number of ketones is 1. The van der Waals surface area contributed by atoms with Crippen molar-refractivity contribution in [2.24, 2.45) is 0 Å². The lowest BCUT2D eigenvalue weighted by atomic mass is 10.1. The Balaban J connectivity index is 1.49. The lowest BCUT2D eigenvalue weighted by Gasteiger charge is -2.12. The van der Waals surface area contributed by atoms with E-state index in [0.29, 0.717) is 11.3 Å². The average Bonchev–Trinajstić information content (AvgIpc) is 3.14. The Bertz CT molecular complexity index is 986. The number of halogens is 1.